The van der Waals surface area contributed by atoms with Crippen LogP contribution in [0.2, 0.25) is 0 Å². The van der Waals surface area contributed by atoms with Gasteiger partial charge in [0.05, 0.1) is 12.8 Å². The summed E-state index contributed by atoms with van der Waals surface area (Å²) >= 11 is 4.76. The molecule has 0 unspecified atom stereocenters. The summed E-state index contributed by atoms with van der Waals surface area (Å²) in [6, 6.07) is 5.19. The van der Waals surface area contributed by atoms with Crippen LogP contribution in [0.1, 0.15) is 13.3 Å². The zero-order chi connectivity index (χ0) is 12.8. The zero-order valence-corrected chi connectivity index (χ0v) is 10.6. The summed E-state index contributed by atoms with van der Waals surface area (Å²) in [5.74, 6) is 0.545. The number of nitrogens with one attached hydrogen (secondary N) is 2. The van der Waals surface area contributed by atoms with Gasteiger partial charge in [-0.05, 0) is 30.4 Å². The molecular weight excluding hydrogens is 238 g/mol. The number of benzene rings is 1. The van der Waals surface area contributed by atoms with Crippen LogP contribution < -0.4 is 21.1 Å². The summed E-state index contributed by atoms with van der Waals surface area (Å²) in [6.07, 6.45) is 0.421. The molecule has 0 saturated carbocycles. The topological polar surface area (TPSA) is 76.4 Å². The quantitative estimate of drug-likeness (QED) is 0.712. The fourth-order valence-electron chi connectivity index (χ4n) is 1.27. The number of thiocarbonyl (C=S) groups is 1. The van der Waals surface area contributed by atoms with E-state index < -0.39 is 0 Å². The summed E-state index contributed by atoms with van der Waals surface area (Å²) in [5.41, 5.74) is 6.69. The largest absolute Gasteiger partial charge is 0.495 e. The van der Waals surface area contributed by atoms with E-state index in [1.807, 2.05) is 0 Å². The fourth-order valence-corrected chi connectivity index (χ4v) is 1.38. The molecule has 0 atom stereocenters. The molecule has 0 radical (unpaired) electrons. The van der Waals surface area contributed by atoms with Crippen molar-refractivity contribution in [2.75, 3.05) is 17.7 Å². The lowest BCUT2D eigenvalue weighted by Gasteiger charge is -2.12. The number of carbonyl (C=O) groups excluding carboxylic acids is 1. The maximum absolute atomic E-state index is 11.3. The second-order valence-electron chi connectivity index (χ2n) is 3.31. The molecule has 0 bridgehead atoms. The maximum atomic E-state index is 11.3. The van der Waals surface area contributed by atoms with Crippen LogP contribution in [0.3, 0.4) is 0 Å². The fraction of sp³-hybridized carbons (Fsp3) is 0.273. The molecule has 1 aromatic rings. The third kappa shape index (κ3) is 3.92. The van der Waals surface area contributed by atoms with Crippen LogP contribution in [0.4, 0.5) is 11.4 Å². The van der Waals surface area contributed by atoms with Gasteiger partial charge in [0, 0.05) is 12.1 Å². The highest BCUT2D eigenvalue weighted by molar-refractivity contribution is 7.80. The maximum Gasteiger partial charge on any atom is 0.224 e. The van der Waals surface area contributed by atoms with E-state index in [4.69, 9.17) is 22.7 Å². The number of nitrogens with two attached hydrogens (primary N) is 1. The molecule has 0 aliphatic heterocycles. The van der Waals surface area contributed by atoms with E-state index in [0.29, 0.717) is 23.5 Å². The van der Waals surface area contributed by atoms with Gasteiger partial charge in [-0.3, -0.25) is 4.79 Å². The van der Waals surface area contributed by atoms with Crippen LogP contribution in [0.25, 0.3) is 0 Å². The van der Waals surface area contributed by atoms with Crippen molar-refractivity contribution in [2.45, 2.75) is 13.3 Å². The van der Waals surface area contributed by atoms with E-state index in [0.717, 1.165) is 0 Å². The van der Waals surface area contributed by atoms with E-state index >= 15 is 0 Å². The van der Waals surface area contributed by atoms with Crippen molar-refractivity contribution < 1.29 is 9.53 Å². The first kappa shape index (κ1) is 13.2. The Balaban J connectivity index is 2.95. The number of anilines is 2. The number of hydrogen-bond acceptors (Lipinski definition) is 3. The van der Waals surface area contributed by atoms with Crippen LogP contribution >= 0.6 is 12.2 Å². The highest BCUT2D eigenvalue weighted by atomic mass is 32.1. The number of amides is 1. The van der Waals surface area contributed by atoms with Gasteiger partial charge in [-0.15, -0.1) is 0 Å². The van der Waals surface area contributed by atoms with E-state index in [2.05, 4.69) is 10.6 Å². The van der Waals surface area contributed by atoms with E-state index in [9.17, 15) is 4.79 Å². The Morgan fingerprint density at radius 2 is 2.18 bits per heavy atom. The molecule has 1 rings (SSSR count). The monoisotopic (exact) mass is 253 g/mol. The standard InChI is InChI=1S/C11H15N3O2S/c1-3-10(15)13-7-4-5-9(16-2)8(6-7)14-11(12)17/h4-6H,3H2,1-2H3,(H,13,15)(H3,12,14,17). The van der Waals surface area contributed by atoms with Crippen molar-refractivity contribution in [3.8, 4) is 5.75 Å². The first-order chi connectivity index (χ1) is 8.06. The summed E-state index contributed by atoms with van der Waals surface area (Å²) in [6.45, 7) is 1.78. The Bertz CT molecular complexity index is 435. The summed E-state index contributed by atoms with van der Waals surface area (Å²) in [4.78, 5) is 11.3. The van der Waals surface area contributed by atoms with Crippen LogP contribution in [0, 0.1) is 0 Å². The first-order valence-electron chi connectivity index (χ1n) is 5.11. The van der Waals surface area contributed by atoms with Gasteiger partial charge in [0.1, 0.15) is 5.75 Å². The number of hydrogen-bond donors (Lipinski definition) is 3. The SMILES string of the molecule is CCC(=O)Nc1ccc(OC)c(NC(N)=S)c1. The van der Waals surface area contributed by atoms with E-state index in [1.165, 1.54) is 0 Å². The molecule has 1 amide bonds. The van der Waals surface area contributed by atoms with Crippen molar-refractivity contribution in [3.05, 3.63) is 18.2 Å². The van der Waals surface area contributed by atoms with Gasteiger partial charge in [-0.2, -0.15) is 0 Å². The third-order valence-electron chi connectivity index (χ3n) is 2.06. The van der Waals surface area contributed by atoms with Gasteiger partial charge in [-0.25, -0.2) is 0 Å². The molecule has 0 spiro atoms. The van der Waals surface area contributed by atoms with Crippen molar-refractivity contribution in [2.24, 2.45) is 5.73 Å². The summed E-state index contributed by atoms with van der Waals surface area (Å²) in [5, 5.41) is 5.67. The van der Waals surface area contributed by atoms with Gasteiger partial charge >= 0.3 is 0 Å². The van der Waals surface area contributed by atoms with Gasteiger partial charge in [-0.1, -0.05) is 6.92 Å². The molecule has 5 nitrogen and oxygen atoms in total. The van der Waals surface area contributed by atoms with Crippen molar-refractivity contribution in [3.63, 3.8) is 0 Å². The zero-order valence-electron chi connectivity index (χ0n) is 9.74. The number of carbonyl (C=O) groups is 1. The minimum absolute atomic E-state index is 0.0589. The van der Waals surface area contributed by atoms with Gasteiger partial charge in [0.15, 0.2) is 5.11 Å². The van der Waals surface area contributed by atoms with Gasteiger partial charge in [0.25, 0.3) is 0 Å². The minimum atomic E-state index is -0.0589. The minimum Gasteiger partial charge on any atom is -0.495 e. The molecule has 0 aliphatic rings. The molecule has 1 aromatic carbocycles. The average molecular weight is 253 g/mol. The molecule has 0 fully saturated rings. The normalized spacial score (nSPS) is 9.53. The lowest BCUT2D eigenvalue weighted by Crippen LogP contribution is -2.19. The number of ether oxygens (including phenoxy) is 1. The highest BCUT2D eigenvalue weighted by Crippen LogP contribution is 2.27. The van der Waals surface area contributed by atoms with Crippen LogP contribution in [-0.4, -0.2) is 18.1 Å². The molecule has 0 aromatic heterocycles. The Kier molecular flexibility index (Phi) is 4.71. The van der Waals surface area contributed by atoms with Crippen LogP contribution in [0.15, 0.2) is 18.2 Å². The van der Waals surface area contributed by atoms with E-state index in [1.54, 1.807) is 32.2 Å². The predicted molar refractivity (Wildman–Crippen MR) is 72.3 cm³/mol. The molecule has 0 saturated heterocycles. The lowest BCUT2D eigenvalue weighted by atomic mass is 10.2. The molecule has 6 heteroatoms. The number of methoxy groups -OCH3 is 1. The molecule has 17 heavy (non-hydrogen) atoms. The molecule has 4 N–H and O–H groups in total. The van der Waals surface area contributed by atoms with Gasteiger partial charge in [0.2, 0.25) is 5.91 Å². The van der Waals surface area contributed by atoms with Crippen molar-refractivity contribution in [1.82, 2.24) is 0 Å². The number of rotatable bonds is 4. The van der Waals surface area contributed by atoms with Crippen molar-refractivity contribution in [1.29, 1.82) is 0 Å². The second kappa shape index (κ2) is 6.05. The Morgan fingerprint density at radius 3 is 2.71 bits per heavy atom. The first-order valence-corrected chi connectivity index (χ1v) is 5.52. The molecule has 92 valence electrons. The van der Waals surface area contributed by atoms with Gasteiger partial charge < -0.3 is 21.1 Å². The van der Waals surface area contributed by atoms with E-state index in [-0.39, 0.29) is 11.0 Å². The molecule has 0 heterocycles. The summed E-state index contributed by atoms with van der Waals surface area (Å²) in [7, 11) is 1.55. The Labute approximate surface area is 105 Å². The van der Waals surface area contributed by atoms with Crippen molar-refractivity contribution >= 4 is 34.6 Å². The smallest absolute Gasteiger partial charge is 0.224 e. The Hall–Kier alpha value is -1.82. The molecule has 0 aliphatic carbocycles. The van der Waals surface area contributed by atoms with Crippen LogP contribution in [-0.2, 0) is 4.79 Å². The average Bonchev–Trinajstić information content (AvgIpc) is 2.28. The second-order valence-corrected chi connectivity index (χ2v) is 3.75. The summed E-state index contributed by atoms with van der Waals surface area (Å²) < 4.78 is 5.14. The third-order valence-corrected chi connectivity index (χ3v) is 2.16. The Morgan fingerprint density at radius 1 is 1.47 bits per heavy atom. The molecular formula is C11H15N3O2S. The predicted octanol–water partition coefficient (Wildman–Crippen LogP) is 1.70. The highest BCUT2D eigenvalue weighted by Gasteiger charge is 2.06. The lowest BCUT2D eigenvalue weighted by molar-refractivity contribution is -0.115. The van der Waals surface area contributed by atoms with Crippen LogP contribution in [0.5, 0.6) is 5.75 Å².